The highest BCUT2D eigenvalue weighted by molar-refractivity contribution is 5.93. The van der Waals surface area contributed by atoms with Crippen molar-refractivity contribution < 1.29 is 9.53 Å². The van der Waals surface area contributed by atoms with Gasteiger partial charge in [-0.05, 0) is 56.9 Å². The van der Waals surface area contributed by atoms with Gasteiger partial charge in [-0.2, -0.15) is 0 Å². The van der Waals surface area contributed by atoms with Gasteiger partial charge in [0.25, 0.3) is 0 Å². The van der Waals surface area contributed by atoms with Crippen molar-refractivity contribution >= 4 is 16.7 Å². The van der Waals surface area contributed by atoms with Crippen LogP contribution in [0.4, 0.5) is 0 Å². The highest BCUT2D eigenvalue weighted by Gasteiger charge is 2.57. The zero-order chi connectivity index (χ0) is 16.9. The Balaban J connectivity index is 1.91. The summed E-state index contributed by atoms with van der Waals surface area (Å²) in [5.74, 6) is 0.495. The van der Waals surface area contributed by atoms with Gasteiger partial charge in [-0.1, -0.05) is 36.4 Å². The van der Waals surface area contributed by atoms with Crippen LogP contribution in [0.15, 0.2) is 48.7 Å². The van der Waals surface area contributed by atoms with Crippen LogP contribution in [0.5, 0.6) is 0 Å². The number of hydrogen-bond donors (Lipinski definition) is 0. The second kappa shape index (κ2) is 5.17. The van der Waals surface area contributed by atoms with E-state index < -0.39 is 11.0 Å². The van der Waals surface area contributed by atoms with Crippen LogP contribution < -0.4 is 0 Å². The number of pyridine rings is 1. The van der Waals surface area contributed by atoms with Crippen molar-refractivity contribution in [3.63, 3.8) is 0 Å². The zero-order valence-corrected chi connectivity index (χ0v) is 14.5. The molecule has 3 nitrogen and oxygen atoms in total. The largest absolute Gasteiger partial charge is 0.459 e. The van der Waals surface area contributed by atoms with Gasteiger partial charge in [0.05, 0.1) is 5.69 Å². The van der Waals surface area contributed by atoms with Crippen LogP contribution in [0, 0.1) is 11.8 Å². The van der Waals surface area contributed by atoms with Crippen molar-refractivity contribution in [1.29, 1.82) is 0 Å². The molecule has 1 heterocycles. The third-order valence-corrected chi connectivity index (χ3v) is 5.25. The molecule has 124 valence electrons. The first kappa shape index (κ1) is 15.4. The van der Waals surface area contributed by atoms with Crippen LogP contribution in [-0.4, -0.2) is 16.6 Å². The lowest BCUT2D eigenvalue weighted by Gasteiger charge is -2.36. The number of allylic oxidation sites excluding steroid dienone is 2. The maximum Gasteiger partial charge on any atom is 0.319 e. The molecular formula is C21H23NO2. The van der Waals surface area contributed by atoms with E-state index in [1.807, 2.05) is 45.2 Å². The number of rotatable bonds is 2. The third-order valence-electron chi connectivity index (χ3n) is 5.25. The Labute approximate surface area is 142 Å². The Bertz CT molecular complexity index is 828. The third kappa shape index (κ3) is 2.26. The van der Waals surface area contributed by atoms with E-state index >= 15 is 0 Å². The van der Waals surface area contributed by atoms with Crippen LogP contribution in [0.1, 0.15) is 39.3 Å². The van der Waals surface area contributed by atoms with E-state index in [0.717, 1.165) is 29.3 Å². The molecule has 0 radical (unpaired) electrons. The topological polar surface area (TPSA) is 39.2 Å². The van der Waals surface area contributed by atoms with E-state index in [2.05, 4.69) is 24.3 Å². The molecule has 2 aliphatic rings. The smallest absolute Gasteiger partial charge is 0.319 e. The summed E-state index contributed by atoms with van der Waals surface area (Å²) < 4.78 is 5.87. The van der Waals surface area contributed by atoms with Crippen LogP contribution in [-0.2, 0) is 14.9 Å². The molecule has 1 aromatic carbocycles. The number of ether oxygens (including phenoxy) is 1. The normalized spacial score (nSPS) is 28.5. The number of nitrogens with zero attached hydrogens (tertiary/aromatic N) is 1. The number of fused-ring (bicyclic) bond motifs is 3. The van der Waals surface area contributed by atoms with Crippen LogP contribution >= 0.6 is 0 Å². The molecule has 4 rings (SSSR count). The first-order valence-electron chi connectivity index (χ1n) is 8.66. The van der Waals surface area contributed by atoms with Gasteiger partial charge in [-0.3, -0.25) is 9.78 Å². The lowest BCUT2D eigenvalue weighted by molar-refractivity contribution is -0.163. The summed E-state index contributed by atoms with van der Waals surface area (Å²) in [6.45, 7) is 5.79. The molecular weight excluding hydrogens is 298 g/mol. The molecule has 1 aromatic heterocycles. The van der Waals surface area contributed by atoms with E-state index in [0.29, 0.717) is 5.92 Å². The second-order valence-electron chi connectivity index (χ2n) is 8.05. The minimum absolute atomic E-state index is 0.129. The molecule has 0 saturated heterocycles. The van der Waals surface area contributed by atoms with Gasteiger partial charge in [0, 0.05) is 11.6 Å². The zero-order valence-electron chi connectivity index (χ0n) is 14.5. The maximum atomic E-state index is 13.3. The number of hydrogen-bond acceptors (Lipinski definition) is 3. The molecule has 1 fully saturated rings. The molecule has 2 aliphatic carbocycles. The quantitative estimate of drug-likeness (QED) is 0.607. The second-order valence-corrected chi connectivity index (χ2v) is 8.05. The fourth-order valence-electron chi connectivity index (χ4n) is 4.30. The minimum Gasteiger partial charge on any atom is -0.459 e. The number of esters is 1. The summed E-state index contributed by atoms with van der Waals surface area (Å²) in [4.78, 5) is 18.0. The molecule has 0 amide bonds. The summed E-state index contributed by atoms with van der Waals surface area (Å²) in [6.07, 6.45) is 8.08. The van der Waals surface area contributed by atoms with Crippen molar-refractivity contribution in [2.75, 3.05) is 0 Å². The molecule has 0 unspecified atom stereocenters. The van der Waals surface area contributed by atoms with Crippen molar-refractivity contribution in [3.05, 3.63) is 54.4 Å². The monoisotopic (exact) mass is 321 g/mol. The number of benzene rings is 1. The summed E-state index contributed by atoms with van der Waals surface area (Å²) in [6, 6.07) is 10.2. The van der Waals surface area contributed by atoms with Crippen LogP contribution in [0.3, 0.4) is 0 Å². The van der Waals surface area contributed by atoms with Gasteiger partial charge in [0.15, 0.2) is 0 Å². The Morgan fingerprint density at radius 1 is 1.21 bits per heavy atom. The molecule has 3 atom stereocenters. The van der Waals surface area contributed by atoms with E-state index in [9.17, 15) is 4.79 Å². The fourth-order valence-corrected chi connectivity index (χ4v) is 4.30. The summed E-state index contributed by atoms with van der Waals surface area (Å²) >= 11 is 0. The molecule has 0 N–H and O–H groups in total. The Morgan fingerprint density at radius 3 is 2.67 bits per heavy atom. The van der Waals surface area contributed by atoms with Crippen molar-refractivity contribution in [2.24, 2.45) is 11.8 Å². The molecule has 2 aromatic rings. The highest BCUT2D eigenvalue weighted by atomic mass is 16.6. The van der Waals surface area contributed by atoms with Gasteiger partial charge in [0.2, 0.25) is 0 Å². The van der Waals surface area contributed by atoms with Gasteiger partial charge in [0.1, 0.15) is 11.0 Å². The summed E-state index contributed by atoms with van der Waals surface area (Å²) in [5.41, 5.74) is -0.278. The van der Waals surface area contributed by atoms with Crippen LogP contribution in [0.25, 0.3) is 10.8 Å². The number of carbonyl (C=O) groups is 1. The van der Waals surface area contributed by atoms with Crippen molar-refractivity contribution in [3.8, 4) is 0 Å². The lowest BCUT2D eigenvalue weighted by Crippen LogP contribution is -2.45. The first-order chi connectivity index (χ1) is 11.4. The SMILES string of the molecule is CC(C)(C)OC(=O)[C@@]1(c2nccc3ccccc23)C[C@H]2C=C[C@@H]1C2. The highest BCUT2D eigenvalue weighted by Crippen LogP contribution is 2.55. The average molecular weight is 321 g/mol. The molecule has 2 bridgehead atoms. The molecule has 24 heavy (non-hydrogen) atoms. The van der Waals surface area contributed by atoms with E-state index in [1.165, 1.54) is 0 Å². The standard InChI is InChI=1S/C21H23NO2/c1-20(2,3)24-19(23)21(13-14-8-9-16(21)12-14)18-17-7-5-4-6-15(17)10-11-22-18/h4-11,14,16H,12-13H2,1-3H3/t14-,16+,21-/m0/s1. The average Bonchev–Trinajstić information content (AvgIpc) is 3.14. The van der Waals surface area contributed by atoms with Gasteiger partial charge in [-0.25, -0.2) is 0 Å². The summed E-state index contributed by atoms with van der Waals surface area (Å²) in [5, 5.41) is 2.18. The van der Waals surface area contributed by atoms with Gasteiger partial charge >= 0.3 is 5.97 Å². The minimum atomic E-state index is -0.659. The van der Waals surface area contributed by atoms with E-state index in [-0.39, 0.29) is 11.9 Å². The Hall–Kier alpha value is -2.16. The Morgan fingerprint density at radius 2 is 2.00 bits per heavy atom. The molecule has 1 saturated carbocycles. The fraction of sp³-hybridized carbons (Fsp3) is 0.429. The predicted octanol–water partition coefficient (Wildman–Crippen LogP) is 4.41. The number of carbonyl (C=O) groups excluding carboxylic acids is 1. The molecule has 0 aliphatic heterocycles. The number of aromatic nitrogens is 1. The van der Waals surface area contributed by atoms with Gasteiger partial charge < -0.3 is 4.74 Å². The Kier molecular flexibility index (Phi) is 3.31. The predicted molar refractivity (Wildman–Crippen MR) is 94.6 cm³/mol. The van der Waals surface area contributed by atoms with Crippen molar-refractivity contribution in [2.45, 2.75) is 44.6 Å². The van der Waals surface area contributed by atoms with Crippen LogP contribution in [0.2, 0.25) is 0 Å². The van der Waals surface area contributed by atoms with E-state index in [4.69, 9.17) is 9.72 Å². The first-order valence-corrected chi connectivity index (χ1v) is 8.66. The van der Waals surface area contributed by atoms with Gasteiger partial charge in [-0.15, -0.1) is 0 Å². The van der Waals surface area contributed by atoms with E-state index in [1.54, 1.807) is 0 Å². The lowest BCUT2D eigenvalue weighted by atomic mass is 9.71. The maximum absolute atomic E-state index is 13.3. The summed E-state index contributed by atoms with van der Waals surface area (Å²) in [7, 11) is 0. The van der Waals surface area contributed by atoms with Crippen molar-refractivity contribution in [1.82, 2.24) is 4.98 Å². The molecule has 3 heteroatoms. The molecule has 0 spiro atoms.